The minimum Gasteiger partial charge on any atom is -0.454 e. The lowest BCUT2D eigenvalue weighted by atomic mass is 10.1. The number of fused-ring (bicyclic) bond motifs is 1. The molecule has 2 aliphatic heterocycles. The van der Waals surface area contributed by atoms with Crippen LogP contribution in [0.3, 0.4) is 0 Å². The summed E-state index contributed by atoms with van der Waals surface area (Å²) in [5.41, 5.74) is 1.82. The molecule has 0 saturated carbocycles. The van der Waals surface area contributed by atoms with Gasteiger partial charge in [-0.1, -0.05) is 17.7 Å². The van der Waals surface area contributed by atoms with Crippen LogP contribution >= 0.6 is 23.8 Å². The van der Waals surface area contributed by atoms with Crippen molar-refractivity contribution in [3.8, 4) is 11.5 Å². The molecule has 0 spiro atoms. The summed E-state index contributed by atoms with van der Waals surface area (Å²) in [6, 6.07) is 16.8. The molecule has 35 heavy (non-hydrogen) atoms. The summed E-state index contributed by atoms with van der Waals surface area (Å²) in [6.45, 7) is 0.406. The SMILES string of the molecule is O=C(CC1C(=O)N(c2ccc(F)cc2)C(=S)N1Cc1ccc2c(c1)OCO2)Nc1ccc(Cl)cc1. The zero-order valence-electron chi connectivity index (χ0n) is 18.2. The van der Waals surface area contributed by atoms with Gasteiger partial charge in [-0.3, -0.25) is 14.5 Å². The van der Waals surface area contributed by atoms with Gasteiger partial charge in [-0.25, -0.2) is 4.39 Å². The lowest BCUT2D eigenvalue weighted by molar-refractivity contribution is -0.124. The maximum atomic E-state index is 13.5. The van der Waals surface area contributed by atoms with Crippen LogP contribution in [0.2, 0.25) is 5.02 Å². The second-order valence-corrected chi connectivity index (χ2v) is 8.82. The molecule has 0 aromatic heterocycles. The van der Waals surface area contributed by atoms with Crippen LogP contribution in [0.5, 0.6) is 11.5 Å². The summed E-state index contributed by atoms with van der Waals surface area (Å²) >= 11 is 11.6. The van der Waals surface area contributed by atoms with Gasteiger partial charge < -0.3 is 19.7 Å². The molecule has 5 rings (SSSR count). The third-order valence-electron chi connectivity index (χ3n) is 5.70. The fraction of sp³-hybridized carbons (Fsp3) is 0.160. The summed E-state index contributed by atoms with van der Waals surface area (Å²) < 4.78 is 24.3. The molecule has 0 radical (unpaired) electrons. The fourth-order valence-electron chi connectivity index (χ4n) is 4.00. The highest BCUT2D eigenvalue weighted by Gasteiger charge is 2.44. The van der Waals surface area contributed by atoms with Crippen LogP contribution in [0, 0.1) is 5.82 Å². The Morgan fingerprint density at radius 3 is 2.51 bits per heavy atom. The van der Waals surface area contributed by atoms with E-state index < -0.39 is 11.9 Å². The standard InChI is InChI=1S/C25H19ClFN3O4S/c26-16-2-6-18(7-3-16)28-23(31)12-20-24(32)30(19-8-4-17(27)5-9-19)25(35)29(20)13-15-1-10-21-22(11-15)34-14-33-21/h1-11,20H,12-14H2,(H,28,31). The zero-order chi connectivity index (χ0) is 24.5. The van der Waals surface area contributed by atoms with Crippen LogP contribution < -0.4 is 19.7 Å². The van der Waals surface area contributed by atoms with E-state index in [4.69, 9.17) is 33.3 Å². The number of benzene rings is 3. The number of hydrogen-bond acceptors (Lipinski definition) is 5. The molecule has 10 heteroatoms. The maximum Gasteiger partial charge on any atom is 0.256 e. The Kier molecular flexibility index (Phi) is 6.27. The third kappa shape index (κ3) is 4.78. The molecule has 1 N–H and O–H groups in total. The number of ether oxygens (including phenoxy) is 2. The van der Waals surface area contributed by atoms with Crippen molar-refractivity contribution in [2.24, 2.45) is 0 Å². The normalized spacial score (nSPS) is 16.7. The second kappa shape index (κ2) is 9.52. The monoisotopic (exact) mass is 511 g/mol. The van der Waals surface area contributed by atoms with Gasteiger partial charge in [0.05, 0.1) is 12.1 Å². The quantitative estimate of drug-likeness (QED) is 0.482. The van der Waals surface area contributed by atoms with Gasteiger partial charge in [0.15, 0.2) is 16.6 Å². The third-order valence-corrected chi connectivity index (χ3v) is 6.37. The number of nitrogens with zero attached hydrogens (tertiary/aromatic N) is 2. The van der Waals surface area contributed by atoms with E-state index in [-0.39, 0.29) is 36.7 Å². The maximum absolute atomic E-state index is 13.5. The number of amides is 2. The van der Waals surface area contributed by atoms with E-state index in [0.717, 1.165) is 5.56 Å². The van der Waals surface area contributed by atoms with Crippen molar-refractivity contribution in [1.29, 1.82) is 0 Å². The number of thiocarbonyl (C=S) groups is 1. The van der Waals surface area contributed by atoms with Crippen molar-refractivity contribution in [3.63, 3.8) is 0 Å². The zero-order valence-corrected chi connectivity index (χ0v) is 19.8. The topological polar surface area (TPSA) is 71.1 Å². The van der Waals surface area contributed by atoms with E-state index in [0.29, 0.717) is 27.9 Å². The number of nitrogens with one attached hydrogen (secondary N) is 1. The molecule has 178 valence electrons. The molecule has 0 bridgehead atoms. The number of halogens is 2. The molecule has 0 aliphatic carbocycles. The van der Waals surface area contributed by atoms with Gasteiger partial charge in [-0.2, -0.15) is 0 Å². The first-order valence-corrected chi connectivity index (χ1v) is 11.5. The highest BCUT2D eigenvalue weighted by atomic mass is 35.5. The van der Waals surface area contributed by atoms with Gasteiger partial charge in [0, 0.05) is 17.3 Å². The predicted octanol–water partition coefficient (Wildman–Crippen LogP) is 4.74. The highest BCUT2D eigenvalue weighted by molar-refractivity contribution is 7.80. The lowest BCUT2D eigenvalue weighted by Gasteiger charge is -2.24. The summed E-state index contributed by atoms with van der Waals surface area (Å²) in [6.07, 6.45) is -0.135. The highest BCUT2D eigenvalue weighted by Crippen LogP contribution is 2.34. The van der Waals surface area contributed by atoms with E-state index in [1.807, 2.05) is 12.1 Å². The largest absolute Gasteiger partial charge is 0.454 e. The Bertz CT molecular complexity index is 1300. The van der Waals surface area contributed by atoms with Crippen molar-refractivity contribution in [2.75, 3.05) is 17.0 Å². The summed E-state index contributed by atoms with van der Waals surface area (Å²) in [7, 11) is 0. The Hall–Kier alpha value is -3.69. The van der Waals surface area contributed by atoms with Crippen LogP contribution in [0.4, 0.5) is 15.8 Å². The molecular formula is C25H19ClFN3O4S. The Labute approximate surface area is 211 Å². The van der Waals surface area contributed by atoms with Gasteiger partial charge in [0.25, 0.3) is 5.91 Å². The Morgan fingerprint density at radius 2 is 1.77 bits per heavy atom. The smallest absolute Gasteiger partial charge is 0.256 e. The van der Waals surface area contributed by atoms with Crippen molar-refractivity contribution in [1.82, 2.24) is 4.90 Å². The van der Waals surface area contributed by atoms with Gasteiger partial charge in [-0.15, -0.1) is 0 Å². The molecule has 2 aliphatic rings. The van der Waals surface area contributed by atoms with Gasteiger partial charge in [-0.05, 0) is 78.4 Å². The molecule has 1 fully saturated rings. The number of anilines is 2. The fourth-order valence-corrected chi connectivity index (χ4v) is 4.51. The van der Waals surface area contributed by atoms with E-state index in [2.05, 4.69) is 5.32 Å². The van der Waals surface area contributed by atoms with Gasteiger partial charge in [0.1, 0.15) is 11.9 Å². The van der Waals surface area contributed by atoms with E-state index in [1.165, 1.54) is 29.2 Å². The van der Waals surface area contributed by atoms with Crippen molar-refractivity contribution >= 4 is 52.1 Å². The average molecular weight is 512 g/mol. The number of hydrogen-bond donors (Lipinski definition) is 1. The summed E-state index contributed by atoms with van der Waals surface area (Å²) in [4.78, 5) is 29.4. The molecule has 2 heterocycles. The average Bonchev–Trinajstić information content (AvgIpc) is 3.39. The summed E-state index contributed by atoms with van der Waals surface area (Å²) in [5.74, 6) is 0.0909. The first-order valence-electron chi connectivity index (χ1n) is 10.7. The minimum absolute atomic E-state index is 0.135. The first kappa shape index (κ1) is 23.1. The number of carbonyl (C=O) groups is 2. The van der Waals surface area contributed by atoms with E-state index >= 15 is 0 Å². The van der Waals surface area contributed by atoms with Gasteiger partial charge in [0.2, 0.25) is 12.7 Å². The Balaban J connectivity index is 1.41. The summed E-state index contributed by atoms with van der Waals surface area (Å²) in [5, 5.41) is 3.56. The second-order valence-electron chi connectivity index (χ2n) is 8.02. The van der Waals surface area contributed by atoms with Crippen molar-refractivity contribution in [2.45, 2.75) is 19.0 Å². The number of carbonyl (C=O) groups excluding carboxylic acids is 2. The molecule has 1 unspecified atom stereocenters. The molecular weight excluding hydrogens is 493 g/mol. The van der Waals surface area contributed by atoms with Crippen LogP contribution in [-0.2, 0) is 16.1 Å². The van der Waals surface area contributed by atoms with Crippen LogP contribution in [0.25, 0.3) is 0 Å². The molecule has 1 atom stereocenters. The molecule has 2 amide bonds. The Morgan fingerprint density at radius 1 is 1.06 bits per heavy atom. The molecule has 3 aromatic rings. The predicted molar refractivity (Wildman–Crippen MR) is 133 cm³/mol. The molecule has 1 saturated heterocycles. The lowest BCUT2D eigenvalue weighted by Crippen LogP contribution is -2.37. The first-order chi connectivity index (χ1) is 16.9. The minimum atomic E-state index is -0.856. The van der Waals surface area contributed by atoms with E-state index in [9.17, 15) is 14.0 Å². The van der Waals surface area contributed by atoms with Gasteiger partial charge >= 0.3 is 0 Å². The molecule has 3 aromatic carbocycles. The van der Waals surface area contributed by atoms with Crippen LogP contribution in [-0.4, -0.2) is 34.7 Å². The van der Waals surface area contributed by atoms with Crippen molar-refractivity contribution < 1.29 is 23.5 Å². The number of rotatable bonds is 6. The van der Waals surface area contributed by atoms with Crippen LogP contribution in [0.15, 0.2) is 66.7 Å². The van der Waals surface area contributed by atoms with E-state index in [1.54, 1.807) is 35.2 Å². The van der Waals surface area contributed by atoms with Crippen molar-refractivity contribution in [3.05, 3.63) is 83.1 Å². The van der Waals surface area contributed by atoms with Crippen LogP contribution in [0.1, 0.15) is 12.0 Å². The molecule has 7 nitrogen and oxygen atoms in total.